The number of nitrogens with zero attached hydrogens (tertiary/aromatic N) is 1. The van der Waals surface area contributed by atoms with E-state index in [1.165, 1.54) is 0 Å². The molecule has 0 spiro atoms. The van der Waals surface area contributed by atoms with E-state index in [-0.39, 0.29) is 5.38 Å². The molecule has 2 aromatic rings. The summed E-state index contributed by atoms with van der Waals surface area (Å²) in [5.74, 6) is 2.57. The predicted molar refractivity (Wildman–Crippen MR) is 67.2 cm³/mol. The molecule has 0 saturated carbocycles. The molecule has 0 radical (unpaired) electrons. The number of fused-ring (bicyclic) bond motifs is 1. The van der Waals surface area contributed by atoms with E-state index in [0.29, 0.717) is 30.6 Å². The number of hydrogen-bond donors (Lipinski definition) is 0. The largest absolute Gasteiger partial charge is 0.486 e. The van der Waals surface area contributed by atoms with Gasteiger partial charge in [0, 0.05) is 0 Å². The van der Waals surface area contributed by atoms with Gasteiger partial charge in [-0.25, -0.2) is 4.98 Å². The highest BCUT2D eigenvalue weighted by molar-refractivity contribution is 6.20. The quantitative estimate of drug-likeness (QED) is 0.781. The van der Waals surface area contributed by atoms with Gasteiger partial charge < -0.3 is 13.9 Å². The first-order valence-electron chi connectivity index (χ1n) is 5.74. The van der Waals surface area contributed by atoms with Crippen molar-refractivity contribution in [2.45, 2.75) is 12.3 Å². The standard InChI is InChI=1S/C13H12ClNO3/c1-8(14)13-15-7-11(18-13)9-3-2-4-10-12(9)17-6-5-16-10/h2-4,7-8H,5-6H2,1H3. The van der Waals surface area contributed by atoms with Gasteiger partial charge in [0.2, 0.25) is 5.89 Å². The molecule has 3 rings (SSSR count). The maximum Gasteiger partial charge on any atom is 0.212 e. The molecule has 1 aromatic heterocycles. The number of benzene rings is 1. The van der Waals surface area contributed by atoms with E-state index in [9.17, 15) is 0 Å². The van der Waals surface area contributed by atoms with E-state index >= 15 is 0 Å². The fraction of sp³-hybridized carbons (Fsp3) is 0.308. The number of para-hydroxylation sites is 1. The summed E-state index contributed by atoms with van der Waals surface area (Å²) in [6.07, 6.45) is 1.65. The van der Waals surface area contributed by atoms with Crippen LogP contribution in [0.5, 0.6) is 11.5 Å². The molecule has 18 heavy (non-hydrogen) atoms. The fourth-order valence-corrected chi connectivity index (χ4v) is 1.96. The van der Waals surface area contributed by atoms with Crippen molar-refractivity contribution in [1.29, 1.82) is 0 Å². The third kappa shape index (κ3) is 1.93. The van der Waals surface area contributed by atoms with Crippen LogP contribution < -0.4 is 9.47 Å². The zero-order chi connectivity index (χ0) is 12.5. The lowest BCUT2D eigenvalue weighted by Gasteiger charge is -2.19. The Bertz CT molecular complexity index is 565. The highest BCUT2D eigenvalue weighted by atomic mass is 35.5. The number of ether oxygens (including phenoxy) is 2. The Morgan fingerprint density at radius 3 is 2.89 bits per heavy atom. The average molecular weight is 266 g/mol. The highest BCUT2D eigenvalue weighted by Gasteiger charge is 2.20. The van der Waals surface area contributed by atoms with Gasteiger partial charge in [-0.15, -0.1) is 11.6 Å². The lowest BCUT2D eigenvalue weighted by Crippen LogP contribution is -2.15. The molecule has 0 N–H and O–H groups in total. The maximum atomic E-state index is 5.94. The molecule has 0 saturated heterocycles. The fourth-order valence-electron chi connectivity index (χ4n) is 1.86. The summed E-state index contributed by atoms with van der Waals surface area (Å²) in [6, 6.07) is 5.69. The molecular formula is C13H12ClNO3. The van der Waals surface area contributed by atoms with Crippen LogP contribution in [0, 0.1) is 0 Å². The van der Waals surface area contributed by atoms with Crippen molar-refractivity contribution in [2.24, 2.45) is 0 Å². The van der Waals surface area contributed by atoms with Gasteiger partial charge in [0.1, 0.15) is 18.6 Å². The number of hydrogen-bond acceptors (Lipinski definition) is 4. The topological polar surface area (TPSA) is 44.5 Å². The van der Waals surface area contributed by atoms with Gasteiger partial charge in [-0.2, -0.15) is 0 Å². The molecule has 2 heterocycles. The first-order valence-corrected chi connectivity index (χ1v) is 6.18. The third-order valence-electron chi connectivity index (χ3n) is 2.70. The summed E-state index contributed by atoms with van der Waals surface area (Å²) in [4.78, 5) is 4.15. The molecule has 0 aliphatic carbocycles. The summed E-state index contributed by atoms with van der Waals surface area (Å²) in [7, 11) is 0. The van der Waals surface area contributed by atoms with E-state index in [2.05, 4.69) is 4.98 Å². The van der Waals surface area contributed by atoms with Gasteiger partial charge in [-0.05, 0) is 19.1 Å². The first-order chi connectivity index (χ1) is 8.75. The number of aromatic nitrogens is 1. The smallest absolute Gasteiger partial charge is 0.212 e. The predicted octanol–water partition coefficient (Wildman–Crippen LogP) is 3.41. The van der Waals surface area contributed by atoms with Crippen LogP contribution in [0.4, 0.5) is 0 Å². The van der Waals surface area contributed by atoms with Crippen LogP contribution >= 0.6 is 11.6 Å². The SMILES string of the molecule is CC(Cl)c1ncc(-c2cccc3c2OCCO3)o1. The minimum Gasteiger partial charge on any atom is -0.486 e. The Kier molecular flexibility index (Phi) is 2.88. The Morgan fingerprint density at radius 1 is 1.28 bits per heavy atom. The number of rotatable bonds is 2. The number of alkyl halides is 1. The van der Waals surface area contributed by atoms with Crippen LogP contribution in [0.25, 0.3) is 11.3 Å². The second kappa shape index (κ2) is 4.53. The van der Waals surface area contributed by atoms with Crippen molar-refractivity contribution >= 4 is 11.6 Å². The molecule has 94 valence electrons. The van der Waals surface area contributed by atoms with E-state index in [0.717, 1.165) is 11.3 Å². The Hall–Kier alpha value is -1.68. The summed E-state index contributed by atoms with van der Waals surface area (Å²) in [5.41, 5.74) is 0.836. The first kappa shape index (κ1) is 11.4. The maximum absolute atomic E-state index is 5.94. The molecule has 5 heteroatoms. The minimum absolute atomic E-state index is 0.254. The second-order valence-electron chi connectivity index (χ2n) is 4.01. The van der Waals surface area contributed by atoms with Crippen molar-refractivity contribution in [1.82, 2.24) is 4.98 Å². The summed E-state index contributed by atoms with van der Waals surface area (Å²) in [6.45, 7) is 2.92. The van der Waals surface area contributed by atoms with Gasteiger partial charge in [0.25, 0.3) is 0 Å². The van der Waals surface area contributed by atoms with Crippen molar-refractivity contribution < 1.29 is 13.9 Å². The van der Waals surface area contributed by atoms with Crippen molar-refractivity contribution in [2.75, 3.05) is 13.2 Å². The van der Waals surface area contributed by atoms with Crippen molar-refractivity contribution in [3.63, 3.8) is 0 Å². The van der Waals surface area contributed by atoms with E-state index in [4.69, 9.17) is 25.5 Å². The Balaban J connectivity index is 2.05. The molecule has 1 aliphatic heterocycles. The number of halogens is 1. The molecule has 0 amide bonds. The summed E-state index contributed by atoms with van der Waals surface area (Å²) >= 11 is 5.94. The average Bonchev–Trinajstić information content (AvgIpc) is 2.87. The van der Waals surface area contributed by atoms with Crippen molar-refractivity contribution in [3.8, 4) is 22.8 Å². The lowest BCUT2D eigenvalue weighted by atomic mass is 10.1. The van der Waals surface area contributed by atoms with Crippen molar-refractivity contribution in [3.05, 3.63) is 30.3 Å². The molecule has 0 fully saturated rings. The molecule has 0 bridgehead atoms. The summed E-state index contributed by atoms with van der Waals surface area (Å²) < 4.78 is 16.8. The van der Waals surface area contributed by atoms with Gasteiger partial charge >= 0.3 is 0 Å². The minimum atomic E-state index is -0.254. The van der Waals surface area contributed by atoms with Gasteiger partial charge in [-0.1, -0.05) is 6.07 Å². The zero-order valence-electron chi connectivity index (χ0n) is 9.85. The molecular weight excluding hydrogens is 254 g/mol. The monoisotopic (exact) mass is 265 g/mol. The second-order valence-corrected chi connectivity index (χ2v) is 4.66. The van der Waals surface area contributed by atoms with Gasteiger partial charge in [0.15, 0.2) is 17.3 Å². The zero-order valence-corrected chi connectivity index (χ0v) is 10.6. The van der Waals surface area contributed by atoms with Crippen LogP contribution in [-0.2, 0) is 0 Å². The van der Waals surface area contributed by atoms with Crippen LogP contribution in [0.15, 0.2) is 28.8 Å². The molecule has 1 aliphatic rings. The molecule has 1 unspecified atom stereocenters. The normalized spacial score (nSPS) is 15.4. The molecule has 4 nitrogen and oxygen atoms in total. The van der Waals surface area contributed by atoms with E-state index in [1.54, 1.807) is 6.20 Å². The number of oxazole rings is 1. The Labute approximate surface area is 109 Å². The van der Waals surface area contributed by atoms with Crippen LogP contribution in [-0.4, -0.2) is 18.2 Å². The van der Waals surface area contributed by atoms with Crippen LogP contribution in [0.2, 0.25) is 0 Å². The van der Waals surface area contributed by atoms with Crippen LogP contribution in [0.1, 0.15) is 18.2 Å². The summed E-state index contributed by atoms with van der Waals surface area (Å²) in [5, 5.41) is -0.254. The van der Waals surface area contributed by atoms with Gasteiger partial charge in [-0.3, -0.25) is 0 Å². The lowest BCUT2D eigenvalue weighted by molar-refractivity contribution is 0.172. The highest BCUT2D eigenvalue weighted by Crippen LogP contribution is 2.40. The van der Waals surface area contributed by atoms with E-state index < -0.39 is 0 Å². The molecule has 1 atom stereocenters. The van der Waals surface area contributed by atoms with Gasteiger partial charge in [0.05, 0.1) is 11.8 Å². The van der Waals surface area contributed by atoms with E-state index in [1.807, 2.05) is 25.1 Å². The Morgan fingerprint density at radius 2 is 2.11 bits per heavy atom. The van der Waals surface area contributed by atoms with Crippen LogP contribution in [0.3, 0.4) is 0 Å². The third-order valence-corrected chi connectivity index (χ3v) is 2.88. The molecule has 1 aromatic carbocycles.